The van der Waals surface area contributed by atoms with E-state index in [1.807, 2.05) is 0 Å². The van der Waals surface area contributed by atoms with E-state index in [1.165, 1.54) is 31.4 Å². The van der Waals surface area contributed by atoms with Gasteiger partial charge in [-0.25, -0.2) is 0 Å². The fourth-order valence-electron chi connectivity index (χ4n) is 1.10. The number of alkyl halides is 5. The van der Waals surface area contributed by atoms with Gasteiger partial charge in [-0.05, 0) is 17.7 Å². The molecule has 0 saturated heterocycles. The molecule has 0 amide bonds. The summed E-state index contributed by atoms with van der Waals surface area (Å²) in [6, 6.07) is 5.84. The van der Waals surface area contributed by atoms with Crippen molar-refractivity contribution in [3.63, 3.8) is 0 Å². The van der Waals surface area contributed by atoms with E-state index in [4.69, 9.17) is 10.1 Å². The number of hydrogen-bond donors (Lipinski definition) is 1. The van der Waals surface area contributed by atoms with Crippen LogP contribution in [-0.4, -0.2) is 25.1 Å². The summed E-state index contributed by atoms with van der Waals surface area (Å²) >= 11 is 0. The van der Waals surface area contributed by atoms with E-state index < -0.39 is 24.6 Å². The molecule has 1 N–H and O–H groups in total. The highest BCUT2D eigenvalue weighted by Gasteiger charge is 2.62. The van der Waals surface area contributed by atoms with Gasteiger partial charge in [0.25, 0.3) is 5.90 Å². The summed E-state index contributed by atoms with van der Waals surface area (Å²) in [5, 5.41) is 6.66. The van der Waals surface area contributed by atoms with Crippen LogP contribution in [0.15, 0.2) is 24.3 Å². The molecule has 0 spiro atoms. The van der Waals surface area contributed by atoms with Gasteiger partial charge in [-0.15, -0.1) is 0 Å². The third-order valence-electron chi connectivity index (χ3n) is 2.18. The lowest BCUT2D eigenvalue weighted by molar-refractivity contribution is -0.255. The Labute approximate surface area is 105 Å². The average Bonchev–Trinajstić information content (AvgIpc) is 2.35. The second kappa shape index (κ2) is 5.41. The molecule has 8 heteroatoms. The van der Waals surface area contributed by atoms with Crippen molar-refractivity contribution < 1.29 is 31.4 Å². The van der Waals surface area contributed by atoms with Crippen molar-refractivity contribution >= 4 is 5.90 Å². The molecule has 0 fully saturated rings. The molecule has 1 aromatic carbocycles. The summed E-state index contributed by atoms with van der Waals surface area (Å²) in [7, 11) is 1.42. The van der Waals surface area contributed by atoms with Gasteiger partial charge in [-0.3, -0.25) is 5.41 Å². The van der Waals surface area contributed by atoms with Gasteiger partial charge < -0.3 is 9.47 Å². The zero-order valence-corrected chi connectivity index (χ0v) is 9.72. The first-order valence-corrected chi connectivity index (χ1v) is 4.98. The Kier molecular flexibility index (Phi) is 4.33. The number of halogens is 5. The van der Waals surface area contributed by atoms with E-state index in [0.717, 1.165) is 0 Å². The molecule has 106 valence electrons. The van der Waals surface area contributed by atoms with Crippen LogP contribution in [0.1, 0.15) is 5.56 Å². The molecule has 0 radical (unpaired) electrons. The molecule has 0 unspecified atom stereocenters. The summed E-state index contributed by atoms with van der Waals surface area (Å²) in [6.07, 6.45) is -5.84. The van der Waals surface area contributed by atoms with Crippen molar-refractivity contribution in [1.29, 1.82) is 5.41 Å². The lowest BCUT2D eigenvalue weighted by Crippen LogP contribution is -2.44. The lowest BCUT2D eigenvalue weighted by Gasteiger charge is -2.20. The van der Waals surface area contributed by atoms with Crippen LogP contribution in [0.5, 0.6) is 5.75 Å². The molecule has 1 aromatic rings. The topological polar surface area (TPSA) is 42.3 Å². The van der Waals surface area contributed by atoms with E-state index in [0.29, 0.717) is 11.3 Å². The molecule has 0 atom stereocenters. The summed E-state index contributed by atoms with van der Waals surface area (Å²) in [5.74, 6) is -6.92. The third-order valence-corrected chi connectivity index (χ3v) is 2.18. The number of benzene rings is 1. The van der Waals surface area contributed by atoms with Gasteiger partial charge in [-0.1, -0.05) is 12.1 Å². The minimum absolute atomic E-state index is 0.337. The molecule has 0 aromatic heterocycles. The molecule has 0 heterocycles. The summed E-state index contributed by atoms with van der Waals surface area (Å²) < 4.78 is 70.1. The molecule has 1 rings (SSSR count). The second-order valence-corrected chi connectivity index (χ2v) is 3.54. The maximum atomic E-state index is 12.7. The van der Waals surface area contributed by atoms with Crippen molar-refractivity contribution in [2.75, 3.05) is 7.11 Å². The third kappa shape index (κ3) is 3.55. The zero-order chi connectivity index (χ0) is 14.7. The van der Waals surface area contributed by atoms with E-state index in [2.05, 4.69) is 4.74 Å². The van der Waals surface area contributed by atoms with Crippen molar-refractivity contribution in [1.82, 2.24) is 0 Å². The minimum atomic E-state index is -5.84. The fourth-order valence-corrected chi connectivity index (χ4v) is 1.10. The Bertz CT molecular complexity index is 441. The normalized spacial score (nSPS) is 12.1. The average molecular weight is 283 g/mol. The first kappa shape index (κ1) is 15.2. The first-order valence-electron chi connectivity index (χ1n) is 4.98. The summed E-state index contributed by atoms with van der Waals surface area (Å²) in [4.78, 5) is 0. The highest BCUT2D eigenvalue weighted by atomic mass is 19.4. The maximum Gasteiger partial charge on any atom is 0.463 e. The van der Waals surface area contributed by atoms with Gasteiger partial charge in [-0.2, -0.15) is 22.0 Å². The molecular weight excluding hydrogens is 273 g/mol. The van der Waals surface area contributed by atoms with E-state index >= 15 is 0 Å². The van der Waals surface area contributed by atoms with Crippen LogP contribution in [0.4, 0.5) is 22.0 Å². The molecule has 0 bridgehead atoms. The van der Waals surface area contributed by atoms with Crippen LogP contribution < -0.4 is 4.74 Å². The number of hydrogen-bond acceptors (Lipinski definition) is 3. The minimum Gasteiger partial charge on any atom is -0.497 e. The van der Waals surface area contributed by atoms with Crippen molar-refractivity contribution in [3.8, 4) is 5.75 Å². The monoisotopic (exact) mass is 283 g/mol. The van der Waals surface area contributed by atoms with Crippen molar-refractivity contribution in [2.24, 2.45) is 0 Å². The Balaban J connectivity index is 2.63. The van der Waals surface area contributed by atoms with Gasteiger partial charge in [0.05, 0.1) is 7.11 Å². The molecular formula is C11H10F5NO2. The quantitative estimate of drug-likeness (QED) is 0.523. The van der Waals surface area contributed by atoms with E-state index in [9.17, 15) is 22.0 Å². The predicted octanol–water partition coefficient (Wildman–Crippen LogP) is 3.39. The number of ether oxygens (including phenoxy) is 2. The van der Waals surface area contributed by atoms with Gasteiger partial charge >= 0.3 is 12.1 Å². The van der Waals surface area contributed by atoms with Gasteiger partial charge in [0, 0.05) is 0 Å². The van der Waals surface area contributed by atoms with Crippen LogP contribution >= 0.6 is 0 Å². The van der Waals surface area contributed by atoms with Crippen LogP contribution in [0.2, 0.25) is 0 Å². The Hall–Kier alpha value is -1.86. The fraction of sp³-hybridized carbons (Fsp3) is 0.364. The predicted molar refractivity (Wildman–Crippen MR) is 56.5 cm³/mol. The lowest BCUT2D eigenvalue weighted by atomic mass is 10.2. The summed E-state index contributed by atoms with van der Waals surface area (Å²) in [5.41, 5.74) is 0.337. The second-order valence-electron chi connectivity index (χ2n) is 3.54. The molecule has 0 saturated carbocycles. The number of rotatable bonds is 4. The van der Waals surface area contributed by atoms with Gasteiger partial charge in [0.2, 0.25) is 0 Å². The molecule has 0 aliphatic carbocycles. The Morgan fingerprint density at radius 3 is 2.05 bits per heavy atom. The van der Waals surface area contributed by atoms with Gasteiger partial charge in [0.15, 0.2) is 0 Å². The number of nitrogens with one attached hydrogen (secondary N) is 1. The first-order chi connectivity index (χ1) is 8.68. The van der Waals surface area contributed by atoms with E-state index in [-0.39, 0.29) is 0 Å². The highest BCUT2D eigenvalue weighted by Crippen LogP contribution is 2.36. The standard InChI is InChI=1S/C11H10F5NO2/c1-18-8-4-2-7(3-5-8)6-19-9(17)10(12,13)11(14,15)16/h2-5,17H,6H2,1H3. The zero-order valence-electron chi connectivity index (χ0n) is 9.72. The Morgan fingerprint density at radius 2 is 1.63 bits per heavy atom. The largest absolute Gasteiger partial charge is 0.497 e. The van der Waals surface area contributed by atoms with Crippen molar-refractivity contribution in [3.05, 3.63) is 29.8 Å². The SMILES string of the molecule is COc1ccc(COC(=N)C(F)(F)C(F)(F)F)cc1. The number of methoxy groups -OCH3 is 1. The molecule has 3 nitrogen and oxygen atoms in total. The van der Waals surface area contributed by atoms with Crippen LogP contribution in [0.25, 0.3) is 0 Å². The Morgan fingerprint density at radius 1 is 1.11 bits per heavy atom. The molecule has 0 aliphatic rings. The highest BCUT2D eigenvalue weighted by molar-refractivity contribution is 5.81. The van der Waals surface area contributed by atoms with Crippen molar-refractivity contribution in [2.45, 2.75) is 18.7 Å². The molecule has 19 heavy (non-hydrogen) atoms. The van der Waals surface area contributed by atoms with Gasteiger partial charge in [0.1, 0.15) is 12.4 Å². The smallest absolute Gasteiger partial charge is 0.463 e. The van der Waals surface area contributed by atoms with Crippen LogP contribution in [0, 0.1) is 5.41 Å². The van der Waals surface area contributed by atoms with Crippen LogP contribution in [0.3, 0.4) is 0 Å². The maximum absolute atomic E-state index is 12.7. The van der Waals surface area contributed by atoms with Crippen LogP contribution in [-0.2, 0) is 11.3 Å². The molecule has 0 aliphatic heterocycles. The van der Waals surface area contributed by atoms with E-state index in [1.54, 1.807) is 0 Å². The summed E-state index contributed by atoms with van der Waals surface area (Å²) in [6.45, 7) is -0.561.